The molecule has 31 heavy (non-hydrogen) atoms. The largest absolute Gasteiger partial charge is 0.497 e. The monoisotopic (exact) mass is 428 g/mol. The summed E-state index contributed by atoms with van der Waals surface area (Å²) in [5.74, 6) is 0.950. The number of morpholine rings is 1. The van der Waals surface area contributed by atoms with Crippen LogP contribution in [0.4, 0.5) is 4.39 Å². The summed E-state index contributed by atoms with van der Waals surface area (Å²) >= 11 is 0. The van der Waals surface area contributed by atoms with E-state index < -0.39 is 0 Å². The lowest BCUT2D eigenvalue weighted by Gasteiger charge is -2.38. The molecule has 166 valence electrons. The lowest BCUT2D eigenvalue weighted by molar-refractivity contribution is -0.0604. The molecule has 0 aliphatic carbocycles. The van der Waals surface area contributed by atoms with Crippen LogP contribution in [0.2, 0.25) is 0 Å². The summed E-state index contributed by atoms with van der Waals surface area (Å²) in [6.45, 7) is 4.26. The highest BCUT2D eigenvalue weighted by Gasteiger charge is 2.28. The Morgan fingerprint density at radius 2 is 1.94 bits per heavy atom. The van der Waals surface area contributed by atoms with Gasteiger partial charge in [0, 0.05) is 32.2 Å². The van der Waals surface area contributed by atoms with E-state index in [-0.39, 0.29) is 23.9 Å². The number of rotatable bonds is 6. The van der Waals surface area contributed by atoms with Gasteiger partial charge in [0.25, 0.3) is 5.91 Å². The molecule has 0 saturated carbocycles. The molecule has 2 aromatic rings. The van der Waals surface area contributed by atoms with Crippen LogP contribution >= 0.6 is 0 Å². The van der Waals surface area contributed by atoms with E-state index in [2.05, 4.69) is 20.5 Å². The molecule has 3 rings (SSSR count). The van der Waals surface area contributed by atoms with Gasteiger partial charge in [-0.2, -0.15) is 0 Å². The maximum absolute atomic E-state index is 13.2. The van der Waals surface area contributed by atoms with Crippen molar-refractivity contribution < 1.29 is 18.7 Å². The molecule has 1 saturated heterocycles. The van der Waals surface area contributed by atoms with Gasteiger partial charge in [-0.25, -0.2) is 4.39 Å². The second kappa shape index (κ2) is 10.8. The van der Waals surface area contributed by atoms with E-state index in [0.717, 1.165) is 11.5 Å². The first-order valence-corrected chi connectivity index (χ1v) is 10.3. The third-order valence-corrected chi connectivity index (χ3v) is 5.04. The first-order chi connectivity index (χ1) is 15.0. The number of ether oxygens (including phenoxy) is 2. The Labute approximate surface area is 182 Å². The summed E-state index contributed by atoms with van der Waals surface area (Å²) in [7, 11) is 3.30. The first-order valence-electron chi connectivity index (χ1n) is 10.3. The number of amides is 1. The molecule has 7 nitrogen and oxygen atoms in total. The number of carbonyl (C=O) groups is 1. The fraction of sp³-hybridized carbons (Fsp3) is 0.391. The number of hydrogen-bond donors (Lipinski definition) is 2. The van der Waals surface area contributed by atoms with Crippen LogP contribution in [0.3, 0.4) is 0 Å². The van der Waals surface area contributed by atoms with E-state index in [1.807, 2.05) is 6.92 Å². The second-order valence-electron chi connectivity index (χ2n) is 7.35. The van der Waals surface area contributed by atoms with Crippen LogP contribution in [0, 0.1) is 5.82 Å². The van der Waals surface area contributed by atoms with E-state index >= 15 is 0 Å². The summed E-state index contributed by atoms with van der Waals surface area (Å²) in [5, 5.41) is 6.18. The van der Waals surface area contributed by atoms with E-state index in [1.54, 1.807) is 50.6 Å². The van der Waals surface area contributed by atoms with Crippen molar-refractivity contribution in [2.45, 2.75) is 19.1 Å². The molecule has 2 unspecified atom stereocenters. The number of aliphatic imine (C=N–C) groups is 1. The van der Waals surface area contributed by atoms with Gasteiger partial charge in [-0.1, -0.05) is 18.2 Å². The van der Waals surface area contributed by atoms with Crippen molar-refractivity contribution in [3.8, 4) is 5.75 Å². The fourth-order valence-corrected chi connectivity index (χ4v) is 3.53. The first kappa shape index (κ1) is 22.6. The quantitative estimate of drug-likeness (QED) is 0.420. The number of guanidine groups is 1. The maximum Gasteiger partial charge on any atom is 0.251 e. The molecule has 8 heteroatoms. The van der Waals surface area contributed by atoms with E-state index in [9.17, 15) is 9.18 Å². The van der Waals surface area contributed by atoms with E-state index in [1.165, 1.54) is 12.1 Å². The number of nitrogens with one attached hydrogen (secondary N) is 2. The van der Waals surface area contributed by atoms with Crippen molar-refractivity contribution in [2.75, 3.05) is 40.3 Å². The van der Waals surface area contributed by atoms with Crippen LogP contribution in [0.1, 0.15) is 28.9 Å². The van der Waals surface area contributed by atoms with Crippen LogP contribution in [0.25, 0.3) is 0 Å². The Balaban J connectivity index is 1.52. The summed E-state index contributed by atoms with van der Waals surface area (Å²) in [6.07, 6.45) is -0.175. The predicted molar refractivity (Wildman–Crippen MR) is 118 cm³/mol. The second-order valence-corrected chi connectivity index (χ2v) is 7.35. The molecule has 0 radical (unpaired) electrons. The van der Waals surface area contributed by atoms with Gasteiger partial charge in [0.1, 0.15) is 17.7 Å². The van der Waals surface area contributed by atoms with E-state index in [4.69, 9.17) is 9.47 Å². The SMILES string of the molecule is CN=C(NCCNC(=O)c1cccc(OC)c1)N1CC(C)OC(c2ccc(F)cc2)C1. The normalized spacial score (nSPS) is 19.1. The molecule has 0 aromatic heterocycles. The number of benzene rings is 2. The van der Waals surface area contributed by atoms with Crippen LogP contribution in [0.15, 0.2) is 53.5 Å². The molecule has 0 bridgehead atoms. The smallest absolute Gasteiger partial charge is 0.251 e. The summed E-state index contributed by atoms with van der Waals surface area (Å²) in [5.41, 5.74) is 1.48. The molecular weight excluding hydrogens is 399 g/mol. The predicted octanol–water partition coefficient (Wildman–Crippen LogP) is 2.60. The summed E-state index contributed by atoms with van der Waals surface area (Å²) < 4.78 is 24.5. The molecule has 0 spiro atoms. The molecule has 1 amide bonds. The van der Waals surface area contributed by atoms with Crippen molar-refractivity contribution in [2.24, 2.45) is 4.99 Å². The van der Waals surface area contributed by atoms with Gasteiger partial charge in [-0.05, 0) is 42.8 Å². The number of nitrogens with zero attached hydrogens (tertiary/aromatic N) is 2. The third-order valence-electron chi connectivity index (χ3n) is 5.04. The number of carbonyl (C=O) groups excluding carboxylic acids is 1. The maximum atomic E-state index is 13.2. The zero-order valence-electron chi connectivity index (χ0n) is 18.1. The molecule has 2 N–H and O–H groups in total. The topological polar surface area (TPSA) is 75.2 Å². The molecule has 2 atom stereocenters. The summed E-state index contributed by atoms with van der Waals surface area (Å²) in [6, 6.07) is 13.4. The van der Waals surface area contributed by atoms with Crippen molar-refractivity contribution in [1.82, 2.24) is 15.5 Å². The van der Waals surface area contributed by atoms with Crippen LogP contribution in [0.5, 0.6) is 5.75 Å². The molecule has 1 aliphatic heterocycles. The van der Waals surface area contributed by atoms with Crippen molar-refractivity contribution in [3.63, 3.8) is 0 Å². The minimum Gasteiger partial charge on any atom is -0.497 e. The highest BCUT2D eigenvalue weighted by atomic mass is 19.1. The molecule has 1 aliphatic rings. The third kappa shape index (κ3) is 6.18. The van der Waals surface area contributed by atoms with Crippen LogP contribution < -0.4 is 15.4 Å². The highest BCUT2D eigenvalue weighted by molar-refractivity contribution is 5.94. The minimum absolute atomic E-state index is 0.00452. The van der Waals surface area contributed by atoms with Crippen molar-refractivity contribution in [3.05, 3.63) is 65.5 Å². The number of methoxy groups -OCH3 is 1. The lowest BCUT2D eigenvalue weighted by Crippen LogP contribution is -2.51. The van der Waals surface area contributed by atoms with Crippen molar-refractivity contribution >= 4 is 11.9 Å². The Kier molecular flexibility index (Phi) is 7.83. The average molecular weight is 429 g/mol. The standard InChI is InChI=1S/C23H29FN4O3/c1-16-14-28(15-21(31-16)17-7-9-19(24)10-8-17)23(25-2)27-12-11-26-22(29)18-5-4-6-20(13-18)30-3/h4-10,13,16,21H,11-12,14-15H2,1-3H3,(H,25,27)(H,26,29). The van der Waals surface area contributed by atoms with Gasteiger partial charge >= 0.3 is 0 Å². The molecule has 1 fully saturated rings. The Bertz CT molecular complexity index is 904. The Morgan fingerprint density at radius 1 is 1.19 bits per heavy atom. The van der Waals surface area contributed by atoms with Gasteiger partial charge in [-0.15, -0.1) is 0 Å². The van der Waals surface area contributed by atoms with Gasteiger partial charge < -0.3 is 25.0 Å². The average Bonchev–Trinajstić information content (AvgIpc) is 2.79. The zero-order chi connectivity index (χ0) is 22.2. The Hall–Kier alpha value is -3.13. The molecular formula is C23H29FN4O3. The van der Waals surface area contributed by atoms with Gasteiger partial charge in [0.2, 0.25) is 0 Å². The van der Waals surface area contributed by atoms with Gasteiger partial charge in [0.05, 0.1) is 19.8 Å². The van der Waals surface area contributed by atoms with Gasteiger partial charge in [-0.3, -0.25) is 9.79 Å². The van der Waals surface area contributed by atoms with Gasteiger partial charge in [0.15, 0.2) is 5.96 Å². The highest BCUT2D eigenvalue weighted by Crippen LogP contribution is 2.25. The number of hydrogen-bond acceptors (Lipinski definition) is 4. The lowest BCUT2D eigenvalue weighted by atomic mass is 10.1. The fourth-order valence-electron chi connectivity index (χ4n) is 3.53. The molecule has 1 heterocycles. The van der Waals surface area contributed by atoms with Crippen molar-refractivity contribution in [1.29, 1.82) is 0 Å². The van der Waals surface area contributed by atoms with Crippen LogP contribution in [-0.2, 0) is 4.74 Å². The molecule has 2 aromatic carbocycles. The number of halogens is 1. The van der Waals surface area contributed by atoms with E-state index in [0.29, 0.717) is 37.5 Å². The minimum atomic E-state index is -0.266. The van der Waals surface area contributed by atoms with Crippen LogP contribution in [-0.4, -0.2) is 63.2 Å². The summed E-state index contributed by atoms with van der Waals surface area (Å²) in [4.78, 5) is 18.8. The zero-order valence-corrected chi connectivity index (χ0v) is 18.1. The Morgan fingerprint density at radius 3 is 2.65 bits per heavy atom.